The van der Waals surface area contributed by atoms with Crippen LogP contribution in [0, 0.1) is 12.7 Å². The second-order valence-corrected chi connectivity index (χ2v) is 3.55. The summed E-state index contributed by atoms with van der Waals surface area (Å²) >= 11 is 0. The molecule has 0 aliphatic rings. The Labute approximate surface area is 92.9 Å². The van der Waals surface area contributed by atoms with E-state index in [0.29, 0.717) is 13.0 Å². The van der Waals surface area contributed by atoms with Gasteiger partial charge in [-0.1, -0.05) is 5.21 Å². The Morgan fingerprint density at radius 1 is 1.31 bits per heavy atom. The van der Waals surface area contributed by atoms with Gasteiger partial charge in [0.15, 0.2) is 0 Å². The molecule has 1 aromatic heterocycles. The summed E-state index contributed by atoms with van der Waals surface area (Å²) in [7, 11) is 0. The first kappa shape index (κ1) is 10.8. The van der Waals surface area contributed by atoms with E-state index in [-0.39, 0.29) is 5.82 Å². The predicted molar refractivity (Wildman–Crippen MR) is 58.8 cm³/mol. The number of benzene rings is 1. The van der Waals surface area contributed by atoms with Crippen molar-refractivity contribution in [3.05, 3.63) is 41.5 Å². The number of aromatic nitrogens is 3. The van der Waals surface area contributed by atoms with Crippen molar-refractivity contribution in [1.82, 2.24) is 15.0 Å². The van der Waals surface area contributed by atoms with Crippen molar-refractivity contribution < 1.29 is 4.39 Å². The van der Waals surface area contributed by atoms with E-state index < -0.39 is 0 Å². The van der Waals surface area contributed by atoms with Crippen LogP contribution >= 0.6 is 0 Å². The molecule has 0 radical (unpaired) electrons. The molecule has 1 aromatic carbocycles. The zero-order valence-corrected chi connectivity index (χ0v) is 9.02. The quantitative estimate of drug-likeness (QED) is 0.846. The smallest absolute Gasteiger partial charge is 0.123 e. The highest BCUT2D eigenvalue weighted by Crippen LogP contribution is 2.12. The molecule has 2 N–H and O–H groups in total. The van der Waals surface area contributed by atoms with Crippen molar-refractivity contribution in [3.63, 3.8) is 0 Å². The summed E-state index contributed by atoms with van der Waals surface area (Å²) in [5.41, 5.74) is 8.09. The molecule has 0 unspecified atom stereocenters. The third-order valence-electron chi connectivity index (χ3n) is 2.44. The maximum absolute atomic E-state index is 12.8. The van der Waals surface area contributed by atoms with Crippen molar-refractivity contribution in [2.24, 2.45) is 5.73 Å². The van der Waals surface area contributed by atoms with Gasteiger partial charge in [0, 0.05) is 6.42 Å². The van der Waals surface area contributed by atoms with Gasteiger partial charge in [-0.25, -0.2) is 9.07 Å². The standard InChI is InChI=1S/C11H13FN4/c1-8-11(6-7-13)14-15-16(8)10-4-2-9(12)3-5-10/h2-5H,6-7,13H2,1H3. The van der Waals surface area contributed by atoms with Gasteiger partial charge in [0.1, 0.15) is 5.82 Å². The van der Waals surface area contributed by atoms with E-state index in [1.165, 1.54) is 12.1 Å². The lowest BCUT2D eigenvalue weighted by Gasteiger charge is -2.03. The molecule has 0 saturated carbocycles. The topological polar surface area (TPSA) is 56.7 Å². The molecule has 5 heteroatoms. The number of rotatable bonds is 3. The van der Waals surface area contributed by atoms with E-state index in [1.54, 1.807) is 16.8 Å². The van der Waals surface area contributed by atoms with E-state index in [1.807, 2.05) is 6.92 Å². The number of hydrogen-bond donors (Lipinski definition) is 1. The normalized spacial score (nSPS) is 10.7. The molecule has 4 nitrogen and oxygen atoms in total. The average Bonchev–Trinajstić information content (AvgIpc) is 2.63. The van der Waals surface area contributed by atoms with Gasteiger partial charge < -0.3 is 5.73 Å². The Kier molecular flexibility index (Phi) is 2.96. The second kappa shape index (κ2) is 4.40. The van der Waals surface area contributed by atoms with Crippen molar-refractivity contribution >= 4 is 0 Å². The molecule has 2 rings (SSSR count). The Balaban J connectivity index is 2.37. The Hall–Kier alpha value is -1.75. The minimum absolute atomic E-state index is 0.260. The van der Waals surface area contributed by atoms with Crippen LogP contribution in [0.2, 0.25) is 0 Å². The molecule has 1 heterocycles. The van der Waals surface area contributed by atoms with Gasteiger partial charge in [-0.3, -0.25) is 0 Å². The first-order valence-electron chi connectivity index (χ1n) is 5.09. The summed E-state index contributed by atoms with van der Waals surface area (Å²) in [6.45, 7) is 2.47. The van der Waals surface area contributed by atoms with E-state index in [9.17, 15) is 4.39 Å². The van der Waals surface area contributed by atoms with Crippen molar-refractivity contribution in [3.8, 4) is 5.69 Å². The van der Waals surface area contributed by atoms with Crippen molar-refractivity contribution in [2.45, 2.75) is 13.3 Å². The van der Waals surface area contributed by atoms with E-state index in [4.69, 9.17) is 5.73 Å². The lowest BCUT2D eigenvalue weighted by Crippen LogP contribution is -2.05. The van der Waals surface area contributed by atoms with Crippen LogP contribution in [-0.2, 0) is 6.42 Å². The van der Waals surface area contributed by atoms with Gasteiger partial charge in [-0.2, -0.15) is 0 Å². The van der Waals surface area contributed by atoms with Crippen LogP contribution < -0.4 is 5.73 Å². The largest absolute Gasteiger partial charge is 0.330 e. The maximum Gasteiger partial charge on any atom is 0.123 e. The zero-order valence-electron chi connectivity index (χ0n) is 9.02. The van der Waals surface area contributed by atoms with E-state index in [2.05, 4.69) is 10.3 Å². The molecule has 0 amide bonds. The average molecular weight is 220 g/mol. The SMILES string of the molecule is Cc1c(CCN)nnn1-c1ccc(F)cc1. The molecule has 16 heavy (non-hydrogen) atoms. The fourth-order valence-electron chi connectivity index (χ4n) is 1.56. The Bertz CT molecular complexity index is 475. The van der Waals surface area contributed by atoms with Crippen LogP contribution in [0.15, 0.2) is 24.3 Å². The molecule has 0 aliphatic heterocycles. The first-order chi connectivity index (χ1) is 7.72. The zero-order chi connectivity index (χ0) is 11.5. The summed E-state index contributed by atoms with van der Waals surface area (Å²) in [5, 5.41) is 8.07. The predicted octanol–water partition coefficient (Wildman–Crippen LogP) is 1.22. The van der Waals surface area contributed by atoms with Crippen LogP contribution in [0.25, 0.3) is 5.69 Å². The van der Waals surface area contributed by atoms with Gasteiger partial charge in [0.05, 0.1) is 17.1 Å². The molecule has 0 atom stereocenters. The Morgan fingerprint density at radius 3 is 2.62 bits per heavy atom. The molecular formula is C11H13FN4. The molecule has 2 aromatic rings. The van der Waals surface area contributed by atoms with Gasteiger partial charge in [-0.15, -0.1) is 5.10 Å². The van der Waals surface area contributed by atoms with Gasteiger partial charge in [0.2, 0.25) is 0 Å². The third kappa shape index (κ3) is 1.94. The Morgan fingerprint density at radius 2 is 2.00 bits per heavy atom. The molecule has 0 saturated heterocycles. The summed E-state index contributed by atoms with van der Waals surface area (Å²) in [5.74, 6) is -0.260. The van der Waals surface area contributed by atoms with E-state index >= 15 is 0 Å². The highest BCUT2D eigenvalue weighted by molar-refractivity contribution is 5.33. The van der Waals surface area contributed by atoms with Crippen molar-refractivity contribution in [1.29, 1.82) is 0 Å². The number of halogens is 1. The molecular weight excluding hydrogens is 207 g/mol. The number of nitrogens with two attached hydrogens (primary N) is 1. The monoisotopic (exact) mass is 220 g/mol. The molecule has 0 bridgehead atoms. The summed E-state index contributed by atoms with van der Waals surface area (Å²) in [6, 6.07) is 6.14. The summed E-state index contributed by atoms with van der Waals surface area (Å²) in [6.07, 6.45) is 0.701. The minimum Gasteiger partial charge on any atom is -0.330 e. The lowest BCUT2D eigenvalue weighted by molar-refractivity contribution is 0.626. The van der Waals surface area contributed by atoms with Crippen molar-refractivity contribution in [2.75, 3.05) is 6.54 Å². The maximum atomic E-state index is 12.8. The first-order valence-corrected chi connectivity index (χ1v) is 5.09. The van der Waals surface area contributed by atoms with Crippen LogP contribution in [0.5, 0.6) is 0 Å². The third-order valence-corrected chi connectivity index (χ3v) is 2.44. The van der Waals surface area contributed by atoms with Gasteiger partial charge >= 0.3 is 0 Å². The highest BCUT2D eigenvalue weighted by Gasteiger charge is 2.08. The van der Waals surface area contributed by atoms with Crippen LogP contribution in [0.4, 0.5) is 4.39 Å². The number of hydrogen-bond acceptors (Lipinski definition) is 3. The minimum atomic E-state index is -0.260. The molecule has 0 spiro atoms. The molecule has 0 aliphatic carbocycles. The second-order valence-electron chi connectivity index (χ2n) is 3.55. The van der Waals surface area contributed by atoms with Crippen LogP contribution in [0.3, 0.4) is 0 Å². The number of nitrogens with zero attached hydrogens (tertiary/aromatic N) is 3. The van der Waals surface area contributed by atoms with Crippen LogP contribution in [0.1, 0.15) is 11.4 Å². The van der Waals surface area contributed by atoms with E-state index in [0.717, 1.165) is 17.1 Å². The molecule has 84 valence electrons. The fourth-order valence-corrected chi connectivity index (χ4v) is 1.56. The summed E-state index contributed by atoms with van der Waals surface area (Å²) < 4.78 is 14.5. The van der Waals surface area contributed by atoms with Gasteiger partial charge in [-0.05, 0) is 37.7 Å². The fraction of sp³-hybridized carbons (Fsp3) is 0.273. The van der Waals surface area contributed by atoms with Gasteiger partial charge in [0.25, 0.3) is 0 Å². The molecule has 0 fully saturated rings. The lowest BCUT2D eigenvalue weighted by atomic mass is 10.2. The summed E-state index contributed by atoms with van der Waals surface area (Å²) in [4.78, 5) is 0. The highest BCUT2D eigenvalue weighted by atomic mass is 19.1. The van der Waals surface area contributed by atoms with Crippen LogP contribution in [-0.4, -0.2) is 21.5 Å².